The summed E-state index contributed by atoms with van der Waals surface area (Å²) in [5, 5.41) is 2.26. The Morgan fingerprint density at radius 2 is 1.21 bits per heavy atom. The van der Waals surface area contributed by atoms with Crippen LogP contribution in [0.5, 0.6) is 11.5 Å². The molecule has 0 aromatic heterocycles. The summed E-state index contributed by atoms with van der Waals surface area (Å²) >= 11 is 0. The van der Waals surface area contributed by atoms with Gasteiger partial charge in [-0.05, 0) is 80.9 Å². The minimum absolute atomic E-state index is 0.245. The average Bonchev–Trinajstić information content (AvgIpc) is 3.54. The monoisotopic (exact) mass is 685 g/mol. The predicted octanol–water partition coefficient (Wildman–Crippen LogP) is 13.2. The number of hydrogen-bond acceptors (Lipinski definition) is 2. The van der Waals surface area contributed by atoms with Gasteiger partial charge in [0.05, 0.1) is 13.7 Å². The summed E-state index contributed by atoms with van der Waals surface area (Å²) in [6.45, 7) is 12.4. The Morgan fingerprint density at radius 3 is 1.81 bits per heavy atom. The Hall–Kier alpha value is -6.37. The maximum Gasteiger partial charge on any atom is 0.187 e. The van der Waals surface area contributed by atoms with E-state index in [-0.39, 0.29) is 5.41 Å². The van der Waals surface area contributed by atoms with E-state index in [2.05, 4.69) is 152 Å². The van der Waals surface area contributed by atoms with Crippen LogP contribution in [0.2, 0.25) is 0 Å². The number of hydrogen-bond donors (Lipinski definition) is 0. The second-order valence-electron chi connectivity index (χ2n) is 14.1. The minimum Gasteiger partial charge on any atom is -0.497 e. The number of rotatable bonds is 7. The van der Waals surface area contributed by atoms with Crippen LogP contribution < -0.4 is 9.47 Å². The lowest BCUT2D eigenvalue weighted by Crippen LogP contribution is -2.35. The second-order valence-corrected chi connectivity index (χ2v) is 14.1. The Bertz CT molecular complexity index is 2570. The van der Waals surface area contributed by atoms with Gasteiger partial charge in [-0.1, -0.05) is 153 Å². The lowest BCUT2D eigenvalue weighted by molar-refractivity contribution is 0.163. The highest BCUT2D eigenvalue weighted by molar-refractivity contribution is 6.08. The largest absolute Gasteiger partial charge is 0.497 e. The summed E-state index contributed by atoms with van der Waals surface area (Å²) in [6, 6.07) is 51.3. The predicted molar refractivity (Wildman–Crippen MR) is 218 cm³/mol. The van der Waals surface area contributed by atoms with Gasteiger partial charge in [-0.15, -0.1) is 0 Å². The fourth-order valence-corrected chi connectivity index (χ4v) is 8.91. The van der Waals surface area contributed by atoms with Crippen molar-refractivity contribution in [3.8, 4) is 44.9 Å². The molecular weight excluding hydrogens is 647 g/mol. The van der Waals surface area contributed by atoms with Crippen LogP contribution in [0.1, 0.15) is 54.5 Å². The Morgan fingerprint density at radius 1 is 0.642 bits per heavy atom. The minimum atomic E-state index is -0.893. The van der Waals surface area contributed by atoms with Crippen molar-refractivity contribution in [1.29, 1.82) is 0 Å². The number of benzene rings is 7. The van der Waals surface area contributed by atoms with Gasteiger partial charge in [-0.2, -0.15) is 0 Å². The third-order valence-electron chi connectivity index (χ3n) is 11.7. The van der Waals surface area contributed by atoms with Crippen LogP contribution in [0.3, 0.4) is 0 Å². The highest BCUT2D eigenvalue weighted by Crippen LogP contribution is 2.60. The number of ether oxygens (including phenoxy) is 2. The fraction of sp³-hybridized carbons (Fsp3) is 0.140. The molecule has 1 unspecified atom stereocenters. The van der Waals surface area contributed by atoms with E-state index in [4.69, 9.17) is 16.0 Å². The molecule has 1 heterocycles. The first kappa shape index (κ1) is 32.5. The van der Waals surface area contributed by atoms with Gasteiger partial charge in [-0.3, -0.25) is 0 Å². The topological polar surface area (TPSA) is 22.8 Å². The second kappa shape index (κ2) is 12.7. The van der Waals surface area contributed by atoms with Gasteiger partial charge in [0, 0.05) is 27.5 Å². The first-order valence-corrected chi connectivity index (χ1v) is 18.4. The van der Waals surface area contributed by atoms with Crippen molar-refractivity contribution in [2.75, 3.05) is 7.11 Å². The molecule has 256 valence electrons. The number of methoxy groups -OCH3 is 1. The molecule has 3 heteroatoms. The molecule has 0 saturated heterocycles. The molecule has 0 radical (unpaired) electrons. The van der Waals surface area contributed by atoms with Gasteiger partial charge >= 0.3 is 0 Å². The first-order valence-electron chi connectivity index (χ1n) is 18.4. The summed E-state index contributed by atoms with van der Waals surface area (Å²) in [4.78, 5) is 3.84. The molecule has 0 amide bonds. The van der Waals surface area contributed by atoms with Crippen LogP contribution in [0.15, 0.2) is 152 Å². The van der Waals surface area contributed by atoms with E-state index >= 15 is 0 Å². The van der Waals surface area contributed by atoms with Crippen molar-refractivity contribution in [2.45, 2.75) is 37.7 Å². The van der Waals surface area contributed by atoms with E-state index in [1.165, 1.54) is 38.8 Å². The Balaban J connectivity index is 1.21. The Labute approximate surface area is 311 Å². The van der Waals surface area contributed by atoms with Gasteiger partial charge < -0.3 is 9.47 Å². The maximum atomic E-state index is 7.82. The van der Waals surface area contributed by atoms with E-state index < -0.39 is 5.60 Å². The molecule has 1 aliphatic carbocycles. The van der Waals surface area contributed by atoms with Crippen LogP contribution in [0.25, 0.3) is 55.1 Å². The van der Waals surface area contributed by atoms with Crippen molar-refractivity contribution in [1.82, 2.24) is 0 Å². The highest BCUT2D eigenvalue weighted by atomic mass is 16.5. The van der Waals surface area contributed by atoms with Crippen LogP contribution in [-0.4, -0.2) is 7.11 Å². The molecule has 1 aliphatic heterocycles. The molecule has 7 aromatic rings. The molecule has 0 N–H and O–H groups in total. The number of nitrogens with zero attached hydrogens (tertiary/aromatic N) is 1. The molecule has 53 heavy (non-hydrogen) atoms. The zero-order valence-corrected chi connectivity index (χ0v) is 30.2. The van der Waals surface area contributed by atoms with Crippen molar-refractivity contribution in [2.24, 2.45) is 0 Å². The smallest absolute Gasteiger partial charge is 0.187 e. The van der Waals surface area contributed by atoms with Gasteiger partial charge in [0.25, 0.3) is 0 Å². The van der Waals surface area contributed by atoms with E-state index in [0.29, 0.717) is 5.69 Å². The number of fused-ring (bicyclic) bond motifs is 8. The van der Waals surface area contributed by atoms with E-state index in [0.717, 1.165) is 57.5 Å². The molecular formula is C50H39NO2. The molecule has 1 atom stereocenters. The maximum absolute atomic E-state index is 7.82. The summed E-state index contributed by atoms with van der Waals surface area (Å²) < 4.78 is 13.1. The van der Waals surface area contributed by atoms with Gasteiger partial charge in [0.2, 0.25) is 0 Å². The zero-order chi connectivity index (χ0) is 36.2. The summed E-state index contributed by atoms with van der Waals surface area (Å²) in [5.74, 6) is 1.69. The quantitative estimate of drug-likeness (QED) is 0.156. The van der Waals surface area contributed by atoms with Crippen LogP contribution in [0, 0.1) is 6.57 Å². The van der Waals surface area contributed by atoms with Gasteiger partial charge in [-0.25, -0.2) is 4.85 Å². The van der Waals surface area contributed by atoms with Crippen molar-refractivity contribution < 1.29 is 9.47 Å². The zero-order valence-electron chi connectivity index (χ0n) is 30.2. The van der Waals surface area contributed by atoms with Gasteiger partial charge in [0.15, 0.2) is 11.3 Å². The lowest BCUT2D eigenvalue weighted by atomic mass is 9.71. The van der Waals surface area contributed by atoms with E-state index in [9.17, 15) is 0 Å². The normalized spacial score (nSPS) is 16.3. The van der Waals surface area contributed by atoms with Crippen LogP contribution in [-0.2, 0) is 11.0 Å². The van der Waals surface area contributed by atoms with E-state index in [1.54, 1.807) is 7.11 Å². The molecule has 0 bridgehead atoms. The van der Waals surface area contributed by atoms with Crippen molar-refractivity contribution in [3.63, 3.8) is 0 Å². The third-order valence-corrected chi connectivity index (χ3v) is 11.7. The molecule has 0 spiro atoms. The lowest BCUT2D eigenvalue weighted by Gasteiger charge is -2.39. The third kappa shape index (κ3) is 4.94. The molecule has 0 saturated carbocycles. The summed E-state index contributed by atoms with van der Waals surface area (Å²) in [6.07, 6.45) is 6.40. The van der Waals surface area contributed by atoms with Crippen molar-refractivity contribution >= 4 is 22.5 Å². The van der Waals surface area contributed by atoms with Crippen molar-refractivity contribution in [3.05, 3.63) is 191 Å². The average molecular weight is 686 g/mol. The first-order chi connectivity index (χ1) is 26.0. The molecule has 0 fully saturated rings. The standard InChI is InChI=1S/C50H39NO2/c1-5-49(6-2)45-32-39(51-3)26-29-43(45)46-41-14-10-11-15-42(41)48-44(47(46)49)30-31-50(53-48,38-24-27-40(52-4)28-25-38)37-22-20-36(21-23-37)35-18-16-34(17-19-35)33-12-8-7-9-13-33/h7-32H,5-6H2,1-2,4H3. The Kier molecular flexibility index (Phi) is 7.79. The fourth-order valence-electron chi connectivity index (χ4n) is 8.91. The summed E-state index contributed by atoms with van der Waals surface area (Å²) in [7, 11) is 1.70. The van der Waals surface area contributed by atoms with Crippen LogP contribution in [0.4, 0.5) is 5.69 Å². The summed E-state index contributed by atoms with van der Waals surface area (Å²) in [5.41, 5.74) is 12.5. The van der Waals surface area contributed by atoms with Gasteiger partial charge in [0.1, 0.15) is 11.5 Å². The highest BCUT2D eigenvalue weighted by Gasteiger charge is 2.46. The van der Waals surface area contributed by atoms with E-state index in [1.807, 2.05) is 24.3 Å². The molecule has 9 rings (SSSR count). The molecule has 3 nitrogen and oxygen atoms in total. The van der Waals surface area contributed by atoms with Crippen LogP contribution >= 0.6 is 0 Å². The molecule has 7 aromatic carbocycles. The SMILES string of the molecule is [C-]#[N+]c1ccc2c(c1)C(CC)(CC)c1c3c(c4ccccc4c1-2)OC(c1ccc(OC)cc1)(c1ccc(-c2ccc(-c4ccccc4)cc2)cc1)C=C3. The molecule has 2 aliphatic rings.